The average molecular weight is 1680 g/mol. The molecule has 3 rings (SSSR count). The fraction of sp³-hybridized carbons (Fsp3) is 0.933. The lowest BCUT2D eigenvalue weighted by Crippen LogP contribution is -2.70. The van der Waals surface area contributed by atoms with E-state index in [9.17, 15) is 74.6 Å². The van der Waals surface area contributed by atoms with Gasteiger partial charge in [0.2, 0.25) is 0 Å². The molecule has 3 fully saturated rings. The minimum atomic E-state index is -5.81. The number of phosphoric ester groups is 1. The minimum Gasteiger partial charge on any atom is -0.463 e. The Balaban J connectivity index is 1.92. The maximum absolute atomic E-state index is 14.9. The molecule has 10 N–H and O–H groups in total. The fourth-order valence-corrected chi connectivity index (χ4v) is 16.6. The van der Waals surface area contributed by atoms with Gasteiger partial charge in [-0.2, -0.15) is 0 Å². The maximum atomic E-state index is 14.9. The summed E-state index contributed by atoms with van der Waals surface area (Å²) in [4.78, 5) is 66.4. The molecule has 0 radical (unpaired) electrons. The van der Waals surface area contributed by atoms with Crippen LogP contribution in [0.15, 0.2) is 12.2 Å². The number of unbranched alkanes of at least 4 members (excludes halogenated alkanes) is 45. The minimum absolute atomic E-state index is 0.0169. The highest BCUT2D eigenvalue weighted by Gasteiger charge is 2.60. The molecule has 19 unspecified atom stereocenters. The van der Waals surface area contributed by atoms with E-state index in [1.165, 1.54) is 180 Å². The molecule has 25 nitrogen and oxygen atoms in total. The van der Waals surface area contributed by atoms with E-state index < -0.39 is 162 Å². The molecule has 0 amide bonds. The predicted octanol–water partition coefficient (Wildman–Crippen LogP) is 17.0. The SMILES string of the molecule is CCCCCCCC/C=C\CCCCCC(=O)OC1C(O)C(O)C(OC2OC(CO)C(O)C(O)C2O)C(OP(=O)(O)OCC(COC(=O)CCCCCCCCCCCCCCC)OC(=O)CCCCCCCCC(C)CCCCCCCC)C1OC1OC(COC(=O)CCCCCCCCCCCCCCCCC)C(O)C(O)C1O. The van der Waals surface area contributed by atoms with Crippen molar-refractivity contribution in [3.8, 4) is 0 Å². The van der Waals surface area contributed by atoms with Crippen molar-refractivity contribution in [1.82, 2.24) is 0 Å². The summed E-state index contributed by atoms with van der Waals surface area (Å²) in [6, 6.07) is 0. The third kappa shape index (κ3) is 48.9. The zero-order valence-corrected chi connectivity index (χ0v) is 73.6. The van der Waals surface area contributed by atoms with Crippen molar-refractivity contribution in [1.29, 1.82) is 0 Å². The molecule has 2 saturated heterocycles. The summed E-state index contributed by atoms with van der Waals surface area (Å²) in [5.74, 6) is -2.30. The Morgan fingerprint density at radius 2 is 0.698 bits per heavy atom. The van der Waals surface area contributed by atoms with Crippen LogP contribution < -0.4 is 0 Å². The largest absolute Gasteiger partial charge is 0.472 e. The molecule has 1 aliphatic carbocycles. The first kappa shape index (κ1) is 107. The van der Waals surface area contributed by atoms with Gasteiger partial charge in [-0.1, -0.05) is 336 Å². The van der Waals surface area contributed by atoms with Gasteiger partial charge in [0, 0.05) is 25.7 Å². The van der Waals surface area contributed by atoms with Crippen molar-refractivity contribution in [3.63, 3.8) is 0 Å². The topological polar surface area (TPSA) is 380 Å². The number of hydrogen-bond donors (Lipinski definition) is 10. The van der Waals surface area contributed by atoms with Gasteiger partial charge in [0.1, 0.15) is 92.6 Å². The molecule has 0 aromatic heterocycles. The van der Waals surface area contributed by atoms with Crippen molar-refractivity contribution in [2.24, 2.45) is 5.92 Å². The summed E-state index contributed by atoms with van der Waals surface area (Å²) < 4.78 is 73.4. The molecular weight excluding hydrogens is 1510 g/mol. The van der Waals surface area contributed by atoms with Gasteiger partial charge in [-0.15, -0.1) is 0 Å². The standard InChI is InChI=1S/C90H167O25P/c1-6-10-14-18-22-25-28-31-32-35-37-40-43-50-56-62-74(93)107-68-72-78(97)80(99)84(103)90(111-72)114-87-85(112-76(95)64-58-51-44-41-38-34-30-27-24-20-16-12-8-3)81(100)82(101)86(113-89-83(102)79(98)77(96)71(65-91)110-89)88(87)115-116(104,105)108-67-70(66-106-73(92)61-55-49-42-39-36-33-29-26-23-19-15-11-7-2)109-75(94)63-57-52-46-45-48-54-60-69(5)59-53-47-21-17-13-9-4/h34,38,69-72,77-91,96-103H,6-33,35-37,39-68H2,1-5H3,(H,104,105)/b38-34-. The van der Waals surface area contributed by atoms with E-state index in [-0.39, 0.29) is 32.1 Å². The average Bonchev–Trinajstić information content (AvgIpc) is 0.754. The summed E-state index contributed by atoms with van der Waals surface area (Å²) in [6.07, 6.45) is 25.1. The Hall–Kier alpha value is -2.79. The molecule has 0 aromatic rings. The highest BCUT2D eigenvalue weighted by atomic mass is 31.2. The smallest absolute Gasteiger partial charge is 0.463 e. The zero-order chi connectivity index (χ0) is 84.8. The second-order valence-electron chi connectivity index (χ2n) is 33.8. The molecule has 3 aliphatic rings. The molecule has 19 atom stereocenters. The van der Waals surface area contributed by atoms with E-state index in [0.29, 0.717) is 38.0 Å². The van der Waals surface area contributed by atoms with E-state index >= 15 is 0 Å². The fourth-order valence-electron chi connectivity index (χ4n) is 15.6. The van der Waals surface area contributed by atoms with Gasteiger partial charge < -0.3 is 88.7 Å². The van der Waals surface area contributed by atoms with Gasteiger partial charge in [0.15, 0.2) is 24.8 Å². The molecule has 1 saturated carbocycles. The number of hydrogen-bond acceptors (Lipinski definition) is 24. The highest BCUT2D eigenvalue weighted by Crippen LogP contribution is 2.49. The van der Waals surface area contributed by atoms with Crippen molar-refractivity contribution < 1.29 is 122 Å². The Bertz CT molecular complexity index is 2480. The third-order valence-electron chi connectivity index (χ3n) is 23.2. The lowest BCUT2D eigenvalue weighted by atomic mass is 9.84. The van der Waals surface area contributed by atoms with Crippen LogP contribution in [0.4, 0.5) is 0 Å². The molecule has 26 heteroatoms. The molecule has 116 heavy (non-hydrogen) atoms. The summed E-state index contributed by atoms with van der Waals surface area (Å²) in [6.45, 7) is 7.91. The molecular formula is C90H167O25P. The number of aliphatic hydroxyl groups excluding tert-OH is 9. The second-order valence-corrected chi connectivity index (χ2v) is 35.2. The van der Waals surface area contributed by atoms with Crippen molar-refractivity contribution in [3.05, 3.63) is 12.2 Å². The van der Waals surface area contributed by atoms with E-state index in [1.54, 1.807) is 0 Å². The van der Waals surface area contributed by atoms with Crippen molar-refractivity contribution in [2.75, 3.05) is 26.4 Å². The molecule has 2 aliphatic heterocycles. The van der Waals surface area contributed by atoms with Gasteiger partial charge in [0.25, 0.3) is 0 Å². The van der Waals surface area contributed by atoms with Crippen LogP contribution in [-0.2, 0) is 70.7 Å². The van der Waals surface area contributed by atoms with E-state index in [4.69, 9.17) is 46.9 Å². The highest BCUT2D eigenvalue weighted by molar-refractivity contribution is 7.47. The Kier molecular flexibility index (Phi) is 63.5. The number of allylic oxidation sites excluding steroid dienone is 2. The van der Waals surface area contributed by atoms with Crippen LogP contribution >= 0.6 is 7.82 Å². The van der Waals surface area contributed by atoms with Crippen LogP contribution in [0.3, 0.4) is 0 Å². The van der Waals surface area contributed by atoms with Crippen LogP contribution in [0.2, 0.25) is 0 Å². The van der Waals surface area contributed by atoms with Gasteiger partial charge in [-0.3, -0.25) is 28.2 Å². The van der Waals surface area contributed by atoms with Crippen LogP contribution in [0.25, 0.3) is 0 Å². The van der Waals surface area contributed by atoms with Crippen molar-refractivity contribution >= 4 is 31.7 Å². The first-order valence-corrected chi connectivity index (χ1v) is 48.3. The number of aliphatic hydroxyl groups is 9. The maximum Gasteiger partial charge on any atom is 0.472 e. The lowest BCUT2D eigenvalue weighted by molar-refractivity contribution is -0.360. The molecule has 682 valence electrons. The van der Waals surface area contributed by atoms with E-state index in [2.05, 4.69) is 46.8 Å². The Labute approximate surface area is 699 Å². The molecule has 0 spiro atoms. The van der Waals surface area contributed by atoms with Crippen LogP contribution in [0, 0.1) is 5.92 Å². The number of esters is 4. The number of carbonyl (C=O) groups is 4. The van der Waals surface area contributed by atoms with Gasteiger partial charge in [-0.05, 0) is 57.3 Å². The number of carbonyl (C=O) groups excluding carboxylic acids is 4. The van der Waals surface area contributed by atoms with Gasteiger partial charge >= 0.3 is 31.7 Å². The number of ether oxygens (including phenoxy) is 8. The summed E-state index contributed by atoms with van der Waals surface area (Å²) in [5, 5.41) is 102. The van der Waals surface area contributed by atoms with Crippen molar-refractivity contribution in [2.45, 2.75) is 505 Å². The van der Waals surface area contributed by atoms with Gasteiger partial charge in [0.05, 0.1) is 13.2 Å². The predicted molar refractivity (Wildman–Crippen MR) is 449 cm³/mol. The van der Waals surface area contributed by atoms with Crippen LogP contribution in [0.1, 0.15) is 401 Å². The van der Waals surface area contributed by atoms with Crippen LogP contribution in [0.5, 0.6) is 0 Å². The molecule has 0 aromatic carbocycles. The lowest BCUT2D eigenvalue weighted by Gasteiger charge is -2.50. The number of phosphoric acid groups is 1. The summed E-state index contributed by atoms with van der Waals surface area (Å²) in [7, 11) is -5.81. The third-order valence-corrected chi connectivity index (χ3v) is 24.2. The molecule has 0 bridgehead atoms. The first-order chi connectivity index (χ1) is 56.1. The monoisotopic (exact) mass is 1680 g/mol. The molecule has 2 heterocycles. The summed E-state index contributed by atoms with van der Waals surface area (Å²) in [5.41, 5.74) is 0. The number of rotatable bonds is 75. The van der Waals surface area contributed by atoms with E-state index in [0.717, 1.165) is 122 Å². The quantitative estimate of drug-likeness (QED) is 0.00889. The zero-order valence-electron chi connectivity index (χ0n) is 72.7. The van der Waals surface area contributed by atoms with E-state index in [1.807, 2.05) is 0 Å². The Morgan fingerprint density at radius 3 is 1.12 bits per heavy atom. The Morgan fingerprint density at radius 1 is 0.362 bits per heavy atom. The first-order valence-electron chi connectivity index (χ1n) is 46.8. The normalized spacial score (nSPS) is 25.4. The van der Waals surface area contributed by atoms with Crippen LogP contribution in [-0.4, -0.2) is 205 Å². The van der Waals surface area contributed by atoms with Gasteiger partial charge in [-0.25, -0.2) is 4.57 Å². The summed E-state index contributed by atoms with van der Waals surface area (Å²) >= 11 is 0. The second kappa shape index (κ2) is 68.6.